The molecule has 2 aromatic rings. The molecule has 1 heterocycles. The van der Waals surface area contributed by atoms with E-state index in [1.165, 1.54) is 0 Å². The van der Waals surface area contributed by atoms with Gasteiger partial charge in [-0.3, -0.25) is 4.79 Å². The quantitative estimate of drug-likeness (QED) is 0.718. The zero-order valence-electron chi connectivity index (χ0n) is 7.87. The van der Waals surface area contributed by atoms with Crippen LogP contribution in [0.3, 0.4) is 0 Å². The Bertz CT molecular complexity index is 528. The summed E-state index contributed by atoms with van der Waals surface area (Å²) in [5.74, 6) is 0.172. The fourth-order valence-corrected chi connectivity index (χ4v) is 1.65. The van der Waals surface area contributed by atoms with Gasteiger partial charge in [0, 0.05) is 11.6 Å². The number of H-pyrrole nitrogens is 1. The van der Waals surface area contributed by atoms with Gasteiger partial charge in [0.05, 0.1) is 5.39 Å². The molecule has 0 saturated carbocycles. The maximum absolute atomic E-state index is 11.4. The molecular weight excluding hydrogens is 178 g/mol. The molecule has 3 nitrogen and oxygen atoms in total. The number of aromatic nitrogens is 1. The number of benzene rings is 1. The van der Waals surface area contributed by atoms with Crippen molar-refractivity contribution < 1.29 is 5.11 Å². The normalized spacial score (nSPS) is 10.6. The van der Waals surface area contributed by atoms with Crippen molar-refractivity contribution in [2.75, 3.05) is 0 Å². The van der Waals surface area contributed by atoms with E-state index < -0.39 is 0 Å². The number of aromatic hydroxyl groups is 1. The lowest BCUT2D eigenvalue weighted by Crippen LogP contribution is -2.06. The fourth-order valence-electron chi connectivity index (χ4n) is 1.65. The van der Waals surface area contributed by atoms with E-state index >= 15 is 0 Å². The molecule has 0 atom stereocenters. The third-order valence-corrected chi connectivity index (χ3v) is 2.37. The molecule has 14 heavy (non-hydrogen) atoms. The molecule has 0 fully saturated rings. The molecule has 0 aliphatic carbocycles. The zero-order chi connectivity index (χ0) is 10.1. The van der Waals surface area contributed by atoms with Gasteiger partial charge < -0.3 is 10.1 Å². The van der Waals surface area contributed by atoms with Crippen LogP contribution in [0.1, 0.15) is 12.5 Å². The first-order valence-corrected chi connectivity index (χ1v) is 4.56. The van der Waals surface area contributed by atoms with E-state index in [4.69, 9.17) is 0 Å². The Kier molecular flexibility index (Phi) is 2.00. The van der Waals surface area contributed by atoms with Crippen LogP contribution in [0.5, 0.6) is 5.75 Å². The van der Waals surface area contributed by atoms with Crippen LogP contribution in [0.25, 0.3) is 10.8 Å². The summed E-state index contributed by atoms with van der Waals surface area (Å²) in [6, 6.07) is 4.99. The van der Waals surface area contributed by atoms with Crippen LogP contribution in [0.4, 0.5) is 0 Å². The van der Waals surface area contributed by atoms with E-state index in [-0.39, 0.29) is 11.3 Å². The van der Waals surface area contributed by atoms with Gasteiger partial charge >= 0.3 is 0 Å². The standard InChI is InChI=1S/C11H11NO2/c1-2-7-6-12-11(14)8-4-3-5-9(13)10(7)8/h3-6,13H,2H2,1H3,(H,12,14). The van der Waals surface area contributed by atoms with Gasteiger partial charge in [-0.1, -0.05) is 13.0 Å². The van der Waals surface area contributed by atoms with Crippen LogP contribution in [0.2, 0.25) is 0 Å². The Hall–Kier alpha value is -1.77. The van der Waals surface area contributed by atoms with Gasteiger partial charge in [0.1, 0.15) is 5.75 Å². The van der Waals surface area contributed by atoms with E-state index in [1.54, 1.807) is 24.4 Å². The summed E-state index contributed by atoms with van der Waals surface area (Å²) in [5, 5.41) is 10.9. The average molecular weight is 189 g/mol. The first-order chi connectivity index (χ1) is 6.74. The van der Waals surface area contributed by atoms with Gasteiger partial charge in [0.2, 0.25) is 0 Å². The minimum atomic E-state index is -0.159. The number of rotatable bonds is 1. The molecule has 0 saturated heterocycles. The van der Waals surface area contributed by atoms with E-state index in [0.717, 1.165) is 12.0 Å². The van der Waals surface area contributed by atoms with Crippen molar-refractivity contribution in [3.63, 3.8) is 0 Å². The van der Waals surface area contributed by atoms with Crippen molar-refractivity contribution in [1.29, 1.82) is 0 Å². The van der Waals surface area contributed by atoms with Gasteiger partial charge in [0.15, 0.2) is 0 Å². The highest BCUT2D eigenvalue weighted by atomic mass is 16.3. The lowest BCUT2D eigenvalue weighted by Gasteiger charge is -2.04. The Morgan fingerprint density at radius 1 is 1.43 bits per heavy atom. The molecule has 1 aromatic heterocycles. The number of aryl methyl sites for hydroxylation is 1. The monoisotopic (exact) mass is 189 g/mol. The lowest BCUT2D eigenvalue weighted by atomic mass is 10.1. The van der Waals surface area contributed by atoms with Crippen LogP contribution in [-0.2, 0) is 6.42 Å². The number of hydrogen-bond acceptors (Lipinski definition) is 2. The summed E-state index contributed by atoms with van der Waals surface area (Å²) in [6.45, 7) is 1.99. The van der Waals surface area contributed by atoms with Crippen molar-refractivity contribution in [1.82, 2.24) is 4.98 Å². The van der Waals surface area contributed by atoms with Crippen LogP contribution in [-0.4, -0.2) is 10.1 Å². The SMILES string of the molecule is CCc1c[nH]c(=O)c2cccc(O)c12. The van der Waals surface area contributed by atoms with Gasteiger partial charge in [-0.05, 0) is 24.1 Å². The molecule has 0 aliphatic rings. The summed E-state index contributed by atoms with van der Waals surface area (Å²) in [6.07, 6.45) is 2.44. The first-order valence-electron chi connectivity index (χ1n) is 4.56. The Balaban J connectivity index is 3.00. The van der Waals surface area contributed by atoms with E-state index in [9.17, 15) is 9.90 Å². The molecule has 72 valence electrons. The lowest BCUT2D eigenvalue weighted by molar-refractivity contribution is 0.481. The summed E-state index contributed by atoms with van der Waals surface area (Å²) < 4.78 is 0. The number of aromatic amines is 1. The number of fused-ring (bicyclic) bond motifs is 1. The Morgan fingerprint density at radius 3 is 2.93 bits per heavy atom. The summed E-state index contributed by atoms with van der Waals surface area (Å²) in [7, 11) is 0. The van der Waals surface area contributed by atoms with Crippen LogP contribution in [0.15, 0.2) is 29.2 Å². The number of nitrogens with one attached hydrogen (secondary N) is 1. The van der Waals surface area contributed by atoms with E-state index in [2.05, 4.69) is 4.98 Å². The highest BCUT2D eigenvalue weighted by molar-refractivity contribution is 5.90. The molecule has 0 radical (unpaired) electrons. The second kappa shape index (κ2) is 3.18. The number of phenols is 1. The molecule has 2 rings (SSSR count). The van der Waals surface area contributed by atoms with Crippen molar-refractivity contribution >= 4 is 10.8 Å². The number of pyridine rings is 1. The molecule has 3 heteroatoms. The molecule has 0 unspecified atom stereocenters. The second-order valence-corrected chi connectivity index (χ2v) is 3.20. The number of hydrogen-bond donors (Lipinski definition) is 2. The summed E-state index contributed by atoms with van der Waals surface area (Å²) in [5.41, 5.74) is 0.797. The van der Waals surface area contributed by atoms with Gasteiger partial charge in [-0.25, -0.2) is 0 Å². The largest absolute Gasteiger partial charge is 0.507 e. The third-order valence-electron chi connectivity index (χ3n) is 2.37. The molecule has 0 aliphatic heterocycles. The molecule has 2 N–H and O–H groups in total. The van der Waals surface area contributed by atoms with Gasteiger partial charge in [0.25, 0.3) is 5.56 Å². The fraction of sp³-hybridized carbons (Fsp3) is 0.182. The average Bonchev–Trinajstić information content (AvgIpc) is 2.20. The molecule has 0 bridgehead atoms. The second-order valence-electron chi connectivity index (χ2n) is 3.20. The van der Waals surface area contributed by atoms with Crippen LogP contribution < -0.4 is 5.56 Å². The van der Waals surface area contributed by atoms with Crippen molar-refractivity contribution in [3.8, 4) is 5.75 Å². The minimum Gasteiger partial charge on any atom is -0.507 e. The third kappa shape index (κ3) is 1.18. The molecule has 0 amide bonds. The van der Waals surface area contributed by atoms with Gasteiger partial charge in [-0.2, -0.15) is 0 Å². The number of phenolic OH excluding ortho intramolecular Hbond substituents is 1. The summed E-state index contributed by atoms with van der Waals surface area (Å²) in [4.78, 5) is 14.1. The molecule has 1 aromatic carbocycles. The highest BCUT2D eigenvalue weighted by Gasteiger charge is 2.06. The van der Waals surface area contributed by atoms with Crippen molar-refractivity contribution in [2.45, 2.75) is 13.3 Å². The smallest absolute Gasteiger partial charge is 0.255 e. The zero-order valence-corrected chi connectivity index (χ0v) is 7.87. The van der Waals surface area contributed by atoms with Crippen LogP contribution >= 0.6 is 0 Å². The van der Waals surface area contributed by atoms with Crippen molar-refractivity contribution in [3.05, 3.63) is 40.3 Å². The minimum absolute atomic E-state index is 0.159. The molecule has 0 spiro atoms. The maximum atomic E-state index is 11.4. The Labute approximate surface area is 81.0 Å². The highest BCUT2D eigenvalue weighted by Crippen LogP contribution is 2.25. The summed E-state index contributed by atoms with van der Waals surface area (Å²) >= 11 is 0. The first kappa shape index (κ1) is 8.81. The predicted octanol–water partition coefficient (Wildman–Crippen LogP) is 1.80. The van der Waals surface area contributed by atoms with E-state index in [0.29, 0.717) is 10.8 Å². The molecular formula is C11H11NO2. The topological polar surface area (TPSA) is 53.1 Å². The Morgan fingerprint density at radius 2 is 2.21 bits per heavy atom. The maximum Gasteiger partial charge on any atom is 0.255 e. The predicted molar refractivity (Wildman–Crippen MR) is 55.6 cm³/mol. The van der Waals surface area contributed by atoms with Crippen LogP contribution in [0, 0.1) is 0 Å². The van der Waals surface area contributed by atoms with E-state index in [1.807, 2.05) is 6.92 Å². The van der Waals surface area contributed by atoms with Crippen molar-refractivity contribution in [2.24, 2.45) is 0 Å². The van der Waals surface area contributed by atoms with Gasteiger partial charge in [-0.15, -0.1) is 0 Å².